The van der Waals surface area contributed by atoms with Gasteiger partial charge in [-0.2, -0.15) is 5.10 Å². The van der Waals surface area contributed by atoms with E-state index in [1.165, 1.54) is 0 Å². The molecule has 1 saturated heterocycles. The van der Waals surface area contributed by atoms with Gasteiger partial charge in [-0.15, -0.1) is 0 Å². The van der Waals surface area contributed by atoms with Gasteiger partial charge in [0.2, 0.25) is 0 Å². The van der Waals surface area contributed by atoms with Crippen molar-refractivity contribution in [2.45, 2.75) is 25.2 Å². The number of hydrogen-bond acceptors (Lipinski definition) is 4. The molecule has 0 radical (unpaired) electrons. The number of nitrogens with zero attached hydrogens (tertiary/aromatic N) is 2. The number of para-hydroxylation sites is 1. The molecule has 1 fully saturated rings. The maximum absolute atomic E-state index is 13.1. The summed E-state index contributed by atoms with van der Waals surface area (Å²) in [5.41, 5.74) is 3.41. The van der Waals surface area contributed by atoms with Crippen LogP contribution in [0.1, 0.15) is 39.6 Å². The van der Waals surface area contributed by atoms with Crippen molar-refractivity contribution in [1.82, 2.24) is 15.1 Å². The van der Waals surface area contributed by atoms with Gasteiger partial charge in [0.25, 0.3) is 5.91 Å². The number of benzene rings is 1. The van der Waals surface area contributed by atoms with Gasteiger partial charge in [-0.05, 0) is 30.9 Å². The van der Waals surface area contributed by atoms with Gasteiger partial charge < -0.3 is 14.7 Å². The molecule has 3 heterocycles. The molecule has 0 unspecified atom stereocenters. The van der Waals surface area contributed by atoms with E-state index < -0.39 is 5.41 Å². The summed E-state index contributed by atoms with van der Waals surface area (Å²) in [6, 6.07) is 7.95. The molecule has 1 aliphatic carbocycles. The van der Waals surface area contributed by atoms with Crippen molar-refractivity contribution in [3.05, 3.63) is 46.8 Å². The molecule has 2 aliphatic heterocycles. The molecule has 2 aromatic rings. The van der Waals surface area contributed by atoms with Gasteiger partial charge in [0.15, 0.2) is 5.69 Å². The molecule has 0 bridgehead atoms. The molecular formula is C19H21N3O3. The van der Waals surface area contributed by atoms with E-state index in [1.54, 1.807) is 0 Å². The van der Waals surface area contributed by atoms with Crippen LogP contribution in [0.3, 0.4) is 0 Å². The summed E-state index contributed by atoms with van der Waals surface area (Å²) >= 11 is 0. The summed E-state index contributed by atoms with van der Waals surface area (Å²) in [5.74, 6) is 0.934. The van der Waals surface area contributed by atoms with Gasteiger partial charge in [-0.25, -0.2) is 0 Å². The summed E-state index contributed by atoms with van der Waals surface area (Å²) < 4.78 is 5.90. The second-order valence-electron chi connectivity index (χ2n) is 7.47. The van der Waals surface area contributed by atoms with E-state index in [-0.39, 0.29) is 18.4 Å². The lowest BCUT2D eigenvalue weighted by atomic mass is 9.74. The van der Waals surface area contributed by atoms with Crippen molar-refractivity contribution in [3.63, 3.8) is 0 Å². The maximum Gasteiger partial charge on any atom is 0.274 e. The van der Waals surface area contributed by atoms with Crippen molar-refractivity contribution in [1.29, 1.82) is 0 Å². The zero-order valence-electron chi connectivity index (χ0n) is 14.0. The summed E-state index contributed by atoms with van der Waals surface area (Å²) in [6.07, 6.45) is 2.97. The Bertz CT molecular complexity index is 846. The number of aliphatic hydroxyl groups is 1. The first-order valence-electron chi connectivity index (χ1n) is 8.90. The van der Waals surface area contributed by atoms with Crippen LogP contribution in [-0.2, 0) is 12.8 Å². The number of nitrogens with one attached hydrogen (secondary N) is 1. The van der Waals surface area contributed by atoms with Crippen LogP contribution in [0.25, 0.3) is 0 Å². The molecular weight excluding hydrogens is 318 g/mol. The molecule has 1 aromatic carbocycles. The number of rotatable bonds is 2. The topological polar surface area (TPSA) is 78.5 Å². The minimum atomic E-state index is -0.427. The molecule has 130 valence electrons. The number of likely N-dealkylation sites (tertiary alicyclic amines) is 1. The fraction of sp³-hybridized carbons (Fsp3) is 0.474. The van der Waals surface area contributed by atoms with E-state index >= 15 is 0 Å². The molecule has 0 saturated carbocycles. The first-order valence-corrected chi connectivity index (χ1v) is 8.90. The van der Waals surface area contributed by atoms with Crippen molar-refractivity contribution in [2.75, 3.05) is 26.3 Å². The molecule has 3 aliphatic rings. The van der Waals surface area contributed by atoms with E-state index in [4.69, 9.17) is 4.74 Å². The summed E-state index contributed by atoms with van der Waals surface area (Å²) in [7, 11) is 0. The molecule has 25 heavy (non-hydrogen) atoms. The fourth-order valence-electron chi connectivity index (χ4n) is 4.67. The Labute approximate surface area is 145 Å². The summed E-state index contributed by atoms with van der Waals surface area (Å²) in [5, 5.41) is 17.4. The first-order chi connectivity index (χ1) is 12.2. The number of aliphatic hydroxyl groups excluding tert-OH is 1. The highest BCUT2D eigenvalue weighted by molar-refractivity contribution is 5.94. The predicted molar refractivity (Wildman–Crippen MR) is 90.7 cm³/mol. The van der Waals surface area contributed by atoms with Gasteiger partial charge in [-0.3, -0.25) is 9.89 Å². The molecule has 1 amide bonds. The number of aromatic nitrogens is 2. The van der Waals surface area contributed by atoms with Gasteiger partial charge >= 0.3 is 0 Å². The Morgan fingerprint density at radius 1 is 1.40 bits per heavy atom. The monoisotopic (exact) mass is 339 g/mol. The lowest BCUT2D eigenvalue weighted by Gasteiger charge is -2.37. The minimum absolute atomic E-state index is 0.00839. The molecule has 6 heteroatoms. The van der Waals surface area contributed by atoms with Crippen molar-refractivity contribution in [3.8, 4) is 5.75 Å². The zero-order valence-corrected chi connectivity index (χ0v) is 14.0. The van der Waals surface area contributed by atoms with Crippen LogP contribution < -0.4 is 4.74 Å². The smallest absolute Gasteiger partial charge is 0.274 e. The molecule has 5 rings (SSSR count). The molecule has 0 spiro atoms. The molecule has 6 nitrogen and oxygen atoms in total. The van der Waals surface area contributed by atoms with Crippen LogP contribution in [0.15, 0.2) is 24.3 Å². The van der Waals surface area contributed by atoms with Crippen LogP contribution in [0.2, 0.25) is 0 Å². The third kappa shape index (κ3) is 2.07. The van der Waals surface area contributed by atoms with Crippen LogP contribution >= 0.6 is 0 Å². The average Bonchev–Trinajstić information content (AvgIpc) is 3.35. The lowest BCUT2D eigenvalue weighted by Crippen LogP contribution is -2.42. The number of carbonyl (C=O) groups excluding carboxylic acids is 1. The van der Waals surface area contributed by atoms with Gasteiger partial charge in [-0.1, -0.05) is 18.2 Å². The normalized spacial score (nSPS) is 26.8. The van der Waals surface area contributed by atoms with E-state index in [0.29, 0.717) is 25.4 Å². The van der Waals surface area contributed by atoms with E-state index in [1.807, 2.05) is 29.2 Å². The third-order valence-corrected chi connectivity index (χ3v) is 6.07. The Balaban J connectivity index is 1.49. The Morgan fingerprint density at radius 3 is 3.16 bits per heavy atom. The van der Waals surface area contributed by atoms with Gasteiger partial charge in [0.05, 0.1) is 18.6 Å². The number of hydrogen-bond donors (Lipinski definition) is 2. The number of carbonyl (C=O) groups is 1. The highest BCUT2D eigenvalue weighted by Crippen LogP contribution is 2.49. The standard InChI is InChI=1S/C19H21N3O3/c23-10-19-9-22(18(24)17-13-5-3-6-15(13)20-21-17)8-14(19)12-4-1-2-7-16(12)25-11-19/h1-2,4,7,14,23H,3,5-6,8-11H2,(H,20,21)/t14-,19-/m1/s1. The van der Waals surface area contributed by atoms with Crippen LogP contribution in [0, 0.1) is 5.41 Å². The first kappa shape index (κ1) is 15.0. The number of fused-ring (bicyclic) bond motifs is 4. The number of ether oxygens (including phenoxy) is 1. The zero-order chi connectivity index (χ0) is 17.0. The number of aromatic amines is 1. The fourth-order valence-corrected chi connectivity index (χ4v) is 4.67. The Kier molecular flexibility index (Phi) is 3.19. The SMILES string of the molecule is O=C(c1n[nH]c2c1CCC2)N1C[C@@H]2c3ccccc3OC[C@]2(CO)C1. The third-order valence-electron chi connectivity index (χ3n) is 6.07. The summed E-state index contributed by atoms with van der Waals surface area (Å²) in [4.78, 5) is 15.0. The highest BCUT2D eigenvalue weighted by Gasteiger charge is 2.52. The molecule has 2 N–H and O–H groups in total. The Morgan fingerprint density at radius 2 is 2.28 bits per heavy atom. The lowest BCUT2D eigenvalue weighted by molar-refractivity contribution is 0.0439. The largest absolute Gasteiger partial charge is 0.493 e. The molecule has 1 aromatic heterocycles. The van der Waals surface area contributed by atoms with Crippen molar-refractivity contribution >= 4 is 5.91 Å². The van der Waals surface area contributed by atoms with Crippen LogP contribution in [0.4, 0.5) is 0 Å². The molecule has 2 atom stereocenters. The van der Waals surface area contributed by atoms with Gasteiger partial charge in [0.1, 0.15) is 5.75 Å². The number of amides is 1. The number of aryl methyl sites for hydroxylation is 1. The Hall–Kier alpha value is -2.34. The second kappa shape index (κ2) is 5.33. The van der Waals surface area contributed by atoms with E-state index in [0.717, 1.165) is 41.8 Å². The van der Waals surface area contributed by atoms with Gasteiger partial charge in [0, 0.05) is 30.3 Å². The van der Waals surface area contributed by atoms with E-state index in [2.05, 4.69) is 10.2 Å². The predicted octanol–water partition coefficient (Wildman–Crippen LogP) is 1.51. The highest BCUT2D eigenvalue weighted by atomic mass is 16.5. The van der Waals surface area contributed by atoms with E-state index in [9.17, 15) is 9.90 Å². The minimum Gasteiger partial charge on any atom is -0.493 e. The average molecular weight is 339 g/mol. The second-order valence-corrected chi connectivity index (χ2v) is 7.47. The summed E-state index contributed by atoms with van der Waals surface area (Å²) in [6.45, 7) is 1.55. The maximum atomic E-state index is 13.1. The van der Waals surface area contributed by atoms with Crippen molar-refractivity contribution < 1.29 is 14.6 Å². The quantitative estimate of drug-likeness (QED) is 0.869. The van der Waals surface area contributed by atoms with Crippen LogP contribution in [-0.4, -0.2) is 52.4 Å². The van der Waals surface area contributed by atoms with Crippen LogP contribution in [0.5, 0.6) is 5.75 Å². The van der Waals surface area contributed by atoms with Crippen molar-refractivity contribution in [2.24, 2.45) is 5.41 Å². The number of H-pyrrole nitrogens is 1.